The van der Waals surface area contributed by atoms with E-state index in [-0.39, 0.29) is 11.9 Å². The molecule has 1 amide bonds. The fourth-order valence-electron chi connectivity index (χ4n) is 4.61. The van der Waals surface area contributed by atoms with E-state index in [1.807, 2.05) is 36.2 Å². The number of hydrogen-bond donors (Lipinski definition) is 1. The molecular weight excluding hydrogens is 344 g/mol. The van der Waals surface area contributed by atoms with E-state index in [0.717, 1.165) is 38.0 Å². The number of aliphatic carboxylic acids is 1. The molecule has 148 valence electrons. The number of carboxylic acids is 1. The van der Waals surface area contributed by atoms with Crippen LogP contribution in [0.2, 0.25) is 0 Å². The molecule has 0 saturated carbocycles. The SMILES string of the molecule is COc1ccc(CCCC(=O)N2CC[C@@]3(C(=O)O)CCCN(C)[C@@H]3C2)cc1. The van der Waals surface area contributed by atoms with Crippen LogP contribution in [0, 0.1) is 5.41 Å². The van der Waals surface area contributed by atoms with Crippen molar-refractivity contribution in [3.05, 3.63) is 29.8 Å². The number of carbonyl (C=O) groups excluding carboxylic acids is 1. The van der Waals surface area contributed by atoms with E-state index in [1.165, 1.54) is 5.56 Å². The van der Waals surface area contributed by atoms with Crippen LogP contribution < -0.4 is 4.74 Å². The predicted molar refractivity (Wildman–Crippen MR) is 103 cm³/mol. The largest absolute Gasteiger partial charge is 0.497 e. The molecule has 27 heavy (non-hydrogen) atoms. The van der Waals surface area contributed by atoms with Gasteiger partial charge in [-0.05, 0) is 63.4 Å². The van der Waals surface area contributed by atoms with Gasteiger partial charge < -0.3 is 19.6 Å². The second-order valence-corrected chi connectivity index (χ2v) is 7.85. The molecule has 6 heteroatoms. The fraction of sp³-hybridized carbons (Fsp3) is 0.619. The summed E-state index contributed by atoms with van der Waals surface area (Å²) in [6.45, 7) is 1.99. The van der Waals surface area contributed by atoms with Crippen LogP contribution in [0.1, 0.15) is 37.7 Å². The lowest BCUT2D eigenvalue weighted by molar-refractivity contribution is -0.165. The first-order chi connectivity index (χ1) is 13.0. The highest BCUT2D eigenvalue weighted by Gasteiger charge is 2.52. The summed E-state index contributed by atoms with van der Waals surface area (Å²) in [4.78, 5) is 28.7. The fourth-order valence-corrected chi connectivity index (χ4v) is 4.61. The van der Waals surface area contributed by atoms with E-state index in [0.29, 0.717) is 25.9 Å². The summed E-state index contributed by atoms with van der Waals surface area (Å²) in [6, 6.07) is 7.85. The first kappa shape index (κ1) is 19.7. The van der Waals surface area contributed by atoms with Gasteiger partial charge in [-0.25, -0.2) is 0 Å². The van der Waals surface area contributed by atoms with E-state index in [1.54, 1.807) is 7.11 Å². The molecule has 0 unspecified atom stereocenters. The standard InChI is InChI=1S/C21H30N2O4/c1-22-13-4-11-21(20(25)26)12-14-23(15-18(21)22)19(24)6-3-5-16-7-9-17(27-2)10-8-16/h7-10,18H,3-6,11-15H2,1-2H3,(H,25,26)/t18-,21+/m1/s1. The number of amides is 1. The monoisotopic (exact) mass is 374 g/mol. The molecule has 0 aromatic heterocycles. The Labute approximate surface area is 161 Å². The van der Waals surface area contributed by atoms with Gasteiger partial charge in [-0.15, -0.1) is 0 Å². The number of carbonyl (C=O) groups is 2. The van der Waals surface area contributed by atoms with E-state index < -0.39 is 11.4 Å². The van der Waals surface area contributed by atoms with Gasteiger partial charge in [0.15, 0.2) is 0 Å². The van der Waals surface area contributed by atoms with Gasteiger partial charge in [0.25, 0.3) is 0 Å². The van der Waals surface area contributed by atoms with Crippen LogP contribution in [-0.4, -0.2) is 66.6 Å². The summed E-state index contributed by atoms with van der Waals surface area (Å²) in [5.74, 6) is 0.272. The van der Waals surface area contributed by atoms with Crippen molar-refractivity contribution in [2.24, 2.45) is 5.41 Å². The minimum absolute atomic E-state index is 0.0805. The number of likely N-dealkylation sites (N-methyl/N-ethyl adjacent to an activating group) is 1. The average Bonchev–Trinajstić information content (AvgIpc) is 2.68. The third-order valence-corrected chi connectivity index (χ3v) is 6.32. The Morgan fingerprint density at radius 2 is 1.96 bits per heavy atom. The minimum Gasteiger partial charge on any atom is -0.497 e. The van der Waals surface area contributed by atoms with E-state index in [2.05, 4.69) is 4.90 Å². The Morgan fingerprint density at radius 3 is 2.63 bits per heavy atom. The molecule has 2 atom stereocenters. The molecule has 1 N–H and O–H groups in total. The summed E-state index contributed by atoms with van der Waals surface area (Å²) >= 11 is 0. The number of piperidine rings is 2. The zero-order valence-corrected chi connectivity index (χ0v) is 16.3. The Kier molecular flexibility index (Phi) is 6.05. The van der Waals surface area contributed by atoms with Crippen LogP contribution in [0.5, 0.6) is 5.75 Å². The first-order valence-electron chi connectivity index (χ1n) is 9.80. The molecule has 2 fully saturated rings. The van der Waals surface area contributed by atoms with Crippen molar-refractivity contribution in [2.75, 3.05) is 33.8 Å². The molecule has 0 spiro atoms. The summed E-state index contributed by atoms with van der Waals surface area (Å²) in [5.41, 5.74) is 0.506. The molecule has 2 saturated heterocycles. The summed E-state index contributed by atoms with van der Waals surface area (Å²) < 4.78 is 5.16. The molecule has 1 aromatic carbocycles. The number of likely N-dealkylation sites (tertiary alicyclic amines) is 2. The summed E-state index contributed by atoms with van der Waals surface area (Å²) in [5, 5.41) is 9.83. The summed E-state index contributed by atoms with van der Waals surface area (Å²) in [7, 11) is 3.63. The van der Waals surface area contributed by atoms with Gasteiger partial charge in [-0.1, -0.05) is 12.1 Å². The van der Waals surface area contributed by atoms with Crippen molar-refractivity contribution in [2.45, 2.75) is 44.6 Å². The maximum atomic E-state index is 12.7. The zero-order valence-electron chi connectivity index (χ0n) is 16.3. The highest BCUT2D eigenvalue weighted by atomic mass is 16.5. The van der Waals surface area contributed by atoms with Crippen LogP contribution in [0.15, 0.2) is 24.3 Å². The lowest BCUT2D eigenvalue weighted by Gasteiger charge is -2.51. The van der Waals surface area contributed by atoms with Crippen molar-refractivity contribution >= 4 is 11.9 Å². The minimum atomic E-state index is -0.703. The second kappa shape index (κ2) is 8.30. The number of methoxy groups -OCH3 is 1. The van der Waals surface area contributed by atoms with Crippen LogP contribution in [-0.2, 0) is 16.0 Å². The van der Waals surface area contributed by atoms with Gasteiger partial charge in [0.1, 0.15) is 5.75 Å². The maximum absolute atomic E-state index is 12.7. The number of ether oxygens (including phenoxy) is 1. The van der Waals surface area contributed by atoms with E-state index in [9.17, 15) is 14.7 Å². The van der Waals surface area contributed by atoms with Gasteiger partial charge in [-0.2, -0.15) is 0 Å². The molecule has 6 nitrogen and oxygen atoms in total. The molecular formula is C21H30N2O4. The van der Waals surface area contributed by atoms with Gasteiger partial charge in [0.2, 0.25) is 5.91 Å². The quantitative estimate of drug-likeness (QED) is 0.828. The van der Waals surface area contributed by atoms with Crippen LogP contribution in [0.4, 0.5) is 0 Å². The molecule has 0 bridgehead atoms. The van der Waals surface area contributed by atoms with Crippen LogP contribution in [0.25, 0.3) is 0 Å². The van der Waals surface area contributed by atoms with Crippen molar-refractivity contribution < 1.29 is 19.4 Å². The Balaban J connectivity index is 1.54. The number of nitrogens with zero attached hydrogens (tertiary/aromatic N) is 2. The van der Waals surface area contributed by atoms with Crippen molar-refractivity contribution in [1.29, 1.82) is 0 Å². The van der Waals surface area contributed by atoms with Crippen molar-refractivity contribution in [3.63, 3.8) is 0 Å². The average molecular weight is 374 g/mol. The van der Waals surface area contributed by atoms with Gasteiger partial charge >= 0.3 is 5.97 Å². The number of fused-ring (bicyclic) bond motifs is 1. The molecule has 2 aliphatic heterocycles. The summed E-state index contributed by atoms with van der Waals surface area (Å²) in [6.07, 6.45) is 4.34. The van der Waals surface area contributed by atoms with E-state index >= 15 is 0 Å². The third-order valence-electron chi connectivity index (χ3n) is 6.32. The van der Waals surface area contributed by atoms with Crippen molar-refractivity contribution in [1.82, 2.24) is 9.80 Å². The highest BCUT2D eigenvalue weighted by Crippen LogP contribution is 2.42. The second-order valence-electron chi connectivity index (χ2n) is 7.85. The maximum Gasteiger partial charge on any atom is 0.311 e. The van der Waals surface area contributed by atoms with Crippen molar-refractivity contribution in [3.8, 4) is 5.75 Å². The third kappa shape index (κ3) is 4.10. The van der Waals surface area contributed by atoms with Gasteiger partial charge in [0, 0.05) is 25.6 Å². The predicted octanol–water partition coefficient (Wildman–Crippen LogP) is 2.42. The number of benzene rings is 1. The number of carboxylic acid groups (broad SMARTS) is 1. The number of rotatable bonds is 6. The molecule has 1 aromatic rings. The molecule has 3 rings (SSSR count). The number of hydrogen-bond acceptors (Lipinski definition) is 4. The first-order valence-corrected chi connectivity index (χ1v) is 9.80. The van der Waals surface area contributed by atoms with Crippen LogP contribution >= 0.6 is 0 Å². The Bertz CT molecular complexity index is 675. The Hall–Kier alpha value is -2.08. The van der Waals surface area contributed by atoms with Gasteiger partial charge in [0.05, 0.1) is 12.5 Å². The van der Waals surface area contributed by atoms with Crippen LogP contribution in [0.3, 0.4) is 0 Å². The molecule has 2 heterocycles. The topological polar surface area (TPSA) is 70.1 Å². The highest BCUT2D eigenvalue weighted by molar-refractivity contribution is 5.79. The normalized spacial score (nSPS) is 25.7. The van der Waals surface area contributed by atoms with E-state index in [4.69, 9.17) is 4.74 Å². The lowest BCUT2D eigenvalue weighted by atomic mass is 9.68. The lowest BCUT2D eigenvalue weighted by Crippen LogP contribution is -2.63. The molecule has 0 radical (unpaired) electrons. The van der Waals surface area contributed by atoms with Gasteiger partial charge in [-0.3, -0.25) is 9.59 Å². The molecule has 0 aliphatic carbocycles. The Morgan fingerprint density at radius 1 is 1.22 bits per heavy atom. The smallest absolute Gasteiger partial charge is 0.311 e. The molecule has 2 aliphatic rings. The number of aryl methyl sites for hydroxylation is 1. The zero-order chi connectivity index (χ0) is 19.4.